The Morgan fingerprint density at radius 2 is 2.00 bits per heavy atom. The first-order chi connectivity index (χ1) is 3.27. The molecule has 0 heterocycles. The fraction of sp³-hybridized carbons (Fsp3) is 1.00. The summed E-state index contributed by atoms with van der Waals surface area (Å²) >= 11 is -0.439. The van der Waals surface area contributed by atoms with Crippen LogP contribution in [-0.2, 0) is 0 Å². The zero-order valence-corrected chi connectivity index (χ0v) is 7.45. The molecule has 0 unspecified atom stereocenters. The van der Waals surface area contributed by atoms with E-state index in [4.69, 9.17) is 0 Å². The van der Waals surface area contributed by atoms with Crippen molar-refractivity contribution in [2.75, 3.05) is 21.0 Å². The molecule has 0 aliphatic heterocycles. The van der Waals surface area contributed by atoms with Gasteiger partial charge in [0.25, 0.3) is 0 Å². The van der Waals surface area contributed by atoms with E-state index in [1.165, 1.54) is 4.55 Å². The fourth-order valence-corrected chi connectivity index (χ4v) is 1.90. The summed E-state index contributed by atoms with van der Waals surface area (Å²) in [5, 5.41) is 3.32. The van der Waals surface area contributed by atoms with E-state index >= 15 is 0 Å². The normalized spacial score (nSPS) is 11.6. The van der Waals surface area contributed by atoms with Crippen LogP contribution in [0.1, 0.15) is 6.92 Å². The standard InChI is InChI=1S/C5H14IN/c1-4-7-5-6(2)3/h7H,4-5H2,1-3H3. The van der Waals surface area contributed by atoms with E-state index in [1.807, 2.05) is 0 Å². The topological polar surface area (TPSA) is 12.0 Å². The van der Waals surface area contributed by atoms with E-state index in [1.54, 1.807) is 0 Å². The van der Waals surface area contributed by atoms with Crippen molar-refractivity contribution in [1.29, 1.82) is 0 Å². The maximum atomic E-state index is 3.32. The zero-order chi connectivity index (χ0) is 5.70. The molecular formula is C5H14IN. The molecule has 0 spiro atoms. The monoisotopic (exact) mass is 215 g/mol. The summed E-state index contributed by atoms with van der Waals surface area (Å²) in [6.07, 6.45) is 0. The number of hydrogen-bond donors (Lipinski definition) is 1. The zero-order valence-electron chi connectivity index (χ0n) is 5.29. The second-order valence-electron chi connectivity index (χ2n) is 1.65. The third-order valence-electron chi connectivity index (χ3n) is 0.612. The van der Waals surface area contributed by atoms with E-state index < -0.39 is 19.8 Å². The molecule has 0 aliphatic rings. The van der Waals surface area contributed by atoms with Gasteiger partial charge in [-0.05, 0) is 0 Å². The number of nitrogens with one attached hydrogen (secondary N) is 1. The second-order valence-corrected chi connectivity index (χ2v) is 7.62. The molecule has 0 saturated carbocycles. The van der Waals surface area contributed by atoms with Crippen molar-refractivity contribution in [3.63, 3.8) is 0 Å². The Hall–Kier alpha value is 0.690. The van der Waals surface area contributed by atoms with Crippen molar-refractivity contribution < 1.29 is 0 Å². The number of halogens is 1. The molecule has 0 bridgehead atoms. The molecule has 1 N–H and O–H groups in total. The van der Waals surface area contributed by atoms with Crippen molar-refractivity contribution in [1.82, 2.24) is 5.32 Å². The van der Waals surface area contributed by atoms with Gasteiger partial charge < -0.3 is 0 Å². The molecule has 0 aromatic rings. The Kier molecular flexibility index (Phi) is 5.32. The SMILES string of the molecule is CCNCI(C)C. The van der Waals surface area contributed by atoms with Gasteiger partial charge >= 0.3 is 53.0 Å². The summed E-state index contributed by atoms with van der Waals surface area (Å²) in [5.74, 6) is 0. The first-order valence-corrected chi connectivity index (χ1v) is 8.28. The van der Waals surface area contributed by atoms with E-state index in [0.29, 0.717) is 0 Å². The second kappa shape index (κ2) is 4.84. The van der Waals surface area contributed by atoms with Gasteiger partial charge in [-0.3, -0.25) is 0 Å². The number of alkyl halides is 3. The van der Waals surface area contributed by atoms with Crippen LogP contribution in [0.15, 0.2) is 0 Å². The Morgan fingerprint density at radius 1 is 1.43 bits per heavy atom. The molecule has 0 fully saturated rings. The predicted octanol–water partition coefficient (Wildman–Crippen LogP) is 1.32. The summed E-state index contributed by atoms with van der Waals surface area (Å²) < 4.78 is 1.31. The molecule has 46 valence electrons. The van der Waals surface area contributed by atoms with Crippen LogP contribution in [0.25, 0.3) is 0 Å². The van der Waals surface area contributed by atoms with Gasteiger partial charge in [0.2, 0.25) is 0 Å². The Bertz CT molecular complexity index is 37.1. The third-order valence-corrected chi connectivity index (χ3v) is 2.68. The molecule has 1 nitrogen and oxygen atoms in total. The third kappa shape index (κ3) is 6.69. The van der Waals surface area contributed by atoms with Gasteiger partial charge in [-0.2, -0.15) is 0 Å². The van der Waals surface area contributed by atoms with Gasteiger partial charge in [0, 0.05) is 0 Å². The fourth-order valence-electron chi connectivity index (χ4n) is 0.283. The van der Waals surface area contributed by atoms with Crippen LogP contribution in [0.3, 0.4) is 0 Å². The van der Waals surface area contributed by atoms with Crippen LogP contribution in [-0.4, -0.2) is 21.0 Å². The molecule has 0 radical (unpaired) electrons. The van der Waals surface area contributed by atoms with Crippen molar-refractivity contribution >= 4 is 19.8 Å². The van der Waals surface area contributed by atoms with E-state index in [9.17, 15) is 0 Å². The Morgan fingerprint density at radius 3 is 2.14 bits per heavy atom. The minimum atomic E-state index is -0.439. The summed E-state index contributed by atoms with van der Waals surface area (Å²) in [7, 11) is 0. The quantitative estimate of drug-likeness (QED) is 0.425. The van der Waals surface area contributed by atoms with Crippen molar-refractivity contribution in [3.05, 3.63) is 0 Å². The van der Waals surface area contributed by atoms with E-state index in [2.05, 4.69) is 22.1 Å². The van der Waals surface area contributed by atoms with E-state index in [-0.39, 0.29) is 0 Å². The van der Waals surface area contributed by atoms with Gasteiger partial charge in [-0.1, -0.05) is 0 Å². The number of rotatable bonds is 3. The van der Waals surface area contributed by atoms with Gasteiger partial charge in [0.15, 0.2) is 0 Å². The van der Waals surface area contributed by atoms with Crippen LogP contribution in [0.2, 0.25) is 0 Å². The molecule has 0 atom stereocenters. The molecular weight excluding hydrogens is 201 g/mol. The van der Waals surface area contributed by atoms with Gasteiger partial charge in [0.05, 0.1) is 0 Å². The first-order valence-electron chi connectivity index (χ1n) is 2.44. The molecule has 0 aliphatic carbocycles. The average molecular weight is 215 g/mol. The molecule has 0 amide bonds. The molecule has 2 heteroatoms. The average Bonchev–Trinajstić information content (AvgIpc) is 1.61. The Balaban J connectivity index is 2.68. The van der Waals surface area contributed by atoms with Crippen LogP contribution < -0.4 is 5.32 Å². The van der Waals surface area contributed by atoms with E-state index in [0.717, 1.165) is 6.54 Å². The van der Waals surface area contributed by atoms with Crippen molar-refractivity contribution in [2.24, 2.45) is 0 Å². The molecule has 0 aromatic carbocycles. The van der Waals surface area contributed by atoms with Gasteiger partial charge in [0.1, 0.15) is 0 Å². The van der Waals surface area contributed by atoms with Crippen LogP contribution in [0.5, 0.6) is 0 Å². The maximum absolute atomic E-state index is 3.32. The first kappa shape index (κ1) is 7.69. The summed E-state index contributed by atoms with van der Waals surface area (Å²) in [5.41, 5.74) is 0. The summed E-state index contributed by atoms with van der Waals surface area (Å²) in [4.78, 5) is 4.74. The summed E-state index contributed by atoms with van der Waals surface area (Å²) in [6, 6.07) is 0. The molecule has 0 aromatic heterocycles. The molecule has 0 rings (SSSR count). The minimum absolute atomic E-state index is 0.439. The Labute approximate surface area is 53.3 Å². The molecule has 7 heavy (non-hydrogen) atoms. The van der Waals surface area contributed by atoms with Crippen LogP contribution in [0, 0.1) is 0 Å². The van der Waals surface area contributed by atoms with Crippen LogP contribution >= 0.6 is 19.8 Å². The summed E-state index contributed by atoms with van der Waals surface area (Å²) in [6.45, 7) is 3.29. The van der Waals surface area contributed by atoms with Crippen molar-refractivity contribution in [3.8, 4) is 0 Å². The van der Waals surface area contributed by atoms with Gasteiger partial charge in [-0.15, -0.1) is 0 Å². The van der Waals surface area contributed by atoms with Crippen molar-refractivity contribution in [2.45, 2.75) is 6.92 Å². The number of hydrogen-bond acceptors (Lipinski definition) is 1. The van der Waals surface area contributed by atoms with Crippen LogP contribution in [0.4, 0.5) is 0 Å². The predicted molar refractivity (Wildman–Crippen MR) is 44.4 cm³/mol. The molecule has 0 saturated heterocycles. The van der Waals surface area contributed by atoms with Gasteiger partial charge in [-0.25, -0.2) is 0 Å².